The second-order valence-electron chi connectivity index (χ2n) is 4.37. The maximum absolute atomic E-state index is 11.8. The van der Waals surface area contributed by atoms with Gasteiger partial charge >= 0.3 is 0 Å². The fraction of sp³-hybridized carbons (Fsp3) is 0.538. The van der Waals surface area contributed by atoms with Crippen molar-refractivity contribution in [1.29, 1.82) is 5.26 Å². The molecular formula is C13H17N3O2S. The zero-order chi connectivity index (χ0) is 13.8. The first-order chi connectivity index (χ1) is 9.19. The van der Waals surface area contributed by atoms with Crippen molar-refractivity contribution in [3.63, 3.8) is 0 Å². The molecule has 0 aliphatic carbocycles. The molecule has 19 heavy (non-hydrogen) atoms. The first-order valence-electron chi connectivity index (χ1n) is 6.37. The zero-order valence-electron chi connectivity index (χ0n) is 10.9. The molecule has 6 heteroatoms. The van der Waals surface area contributed by atoms with E-state index in [0.29, 0.717) is 29.2 Å². The zero-order valence-corrected chi connectivity index (χ0v) is 11.8. The summed E-state index contributed by atoms with van der Waals surface area (Å²) in [5, 5.41) is 10.1. The Hall–Kier alpha value is -1.58. The van der Waals surface area contributed by atoms with Crippen LogP contribution in [0, 0.1) is 11.3 Å². The molecule has 1 aliphatic heterocycles. The van der Waals surface area contributed by atoms with Gasteiger partial charge in [0.05, 0.1) is 17.2 Å². The second kappa shape index (κ2) is 6.04. The van der Waals surface area contributed by atoms with E-state index < -0.39 is 0 Å². The summed E-state index contributed by atoms with van der Waals surface area (Å²) in [5.41, 5.74) is 6.71. The van der Waals surface area contributed by atoms with Crippen molar-refractivity contribution >= 4 is 27.8 Å². The van der Waals surface area contributed by atoms with Gasteiger partial charge in [-0.05, 0) is 6.42 Å². The van der Waals surface area contributed by atoms with E-state index in [-0.39, 0.29) is 5.78 Å². The Labute approximate surface area is 116 Å². The van der Waals surface area contributed by atoms with Gasteiger partial charge in [-0.25, -0.2) is 0 Å². The number of nitrogen functional groups attached to an aromatic ring is 1. The number of carbonyl (C=O) groups excluding carboxylic acids is 1. The van der Waals surface area contributed by atoms with Gasteiger partial charge in [0, 0.05) is 26.1 Å². The van der Waals surface area contributed by atoms with Gasteiger partial charge in [-0.15, -0.1) is 11.3 Å². The molecule has 1 aromatic rings. The van der Waals surface area contributed by atoms with Crippen LogP contribution in [0.3, 0.4) is 0 Å². The minimum absolute atomic E-state index is 0.00341. The molecular weight excluding hydrogens is 262 g/mol. The minimum atomic E-state index is -0.00341. The van der Waals surface area contributed by atoms with E-state index in [1.54, 1.807) is 6.92 Å². The third kappa shape index (κ3) is 2.72. The van der Waals surface area contributed by atoms with Gasteiger partial charge in [0.2, 0.25) is 0 Å². The predicted molar refractivity (Wildman–Crippen MR) is 75.7 cm³/mol. The van der Waals surface area contributed by atoms with Crippen molar-refractivity contribution in [3.05, 3.63) is 10.4 Å². The molecule has 0 saturated carbocycles. The first kappa shape index (κ1) is 13.8. The summed E-state index contributed by atoms with van der Waals surface area (Å²) in [4.78, 5) is 14.5. The SMILES string of the molecule is CCC(=O)c1sc(N2CCCOCC2)c(C#N)c1N. The van der Waals surface area contributed by atoms with Crippen LogP contribution in [-0.4, -0.2) is 32.1 Å². The number of hydrogen-bond donors (Lipinski definition) is 1. The first-order valence-corrected chi connectivity index (χ1v) is 7.19. The standard InChI is InChI=1S/C13H17N3O2S/c1-2-10(17)12-11(15)9(8-14)13(19-12)16-4-3-6-18-7-5-16/h2-7,15H2,1H3. The lowest BCUT2D eigenvalue weighted by Crippen LogP contribution is -2.25. The van der Waals surface area contributed by atoms with Crippen LogP contribution in [0.2, 0.25) is 0 Å². The Morgan fingerprint density at radius 2 is 2.32 bits per heavy atom. The van der Waals surface area contributed by atoms with Crippen LogP contribution in [0.25, 0.3) is 0 Å². The number of nitrogens with two attached hydrogens (primary N) is 1. The van der Waals surface area contributed by atoms with Crippen LogP contribution in [0.15, 0.2) is 0 Å². The molecule has 2 heterocycles. The van der Waals surface area contributed by atoms with E-state index in [9.17, 15) is 10.1 Å². The van der Waals surface area contributed by atoms with Crippen molar-refractivity contribution in [2.45, 2.75) is 19.8 Å². The highest BCUT2D eigenvalue weighted by Gasteiger charge is 2.24. The lowest BCUT2D eigenvalue weighted by Gasteiger charge is -2.20. The van der Waals surface area contributed by atoms with Gasteiger partial charge in [0.1, 0.15) is 16.6 Å². The smallest absolute Gasteiger partial charge is 0.174 e. The van der Waals surface area contributed by atoms with E-state index in [1.165, 1.54) is 11.3 Å². The fourth-order valence-electron chi connectivity index (χ4n) is 2.08. The van der Waals surface area contributed by atoms with E-state index >= 15 is 0 Å². The van der Waals surface area contributed by atoms with Gasteiger partial charge in [0.25, 0.3) is 0 Å². The van der Waals surface area contributed by atoms with Crippen molar-refractivity contribution < 1.29 is 9.53 Å². The molecule has 2 N–H and O–H groups in total. The summed E-state index contributed by atoms with van der Waals surface area (Å²) in [6, 6.07) is 2.13. The summed E-state index contributed by atoms with van der Waals surface area (Å²) < 4.78 is 5.41. The summed E-state index contributed by atoms with van der Waals surface area (Å²) >= 11 is 1.33. The number of rotatable bonds is 3. The number of nitriles is 1. The molecule has 2 rings (SSSR count). The summed E-state index contributed by atoms with van der Waals surface area (Å²) in [6.07, 6.45) is 1.32. The molecule has 1 aliphatic rings. The van der Waals surface area contributed by atoms with Crippen LogP contribution in [0.1, 0.15) is 35.0 Å². The summed E-state index contributed by atoms with van der Waals surface area (Å²) in [6.45, 7) is 4.73. The molecule has 5 nitrogen and oxygen atoms in total. The van der Waals surface area contributed by atoms with Crippen LogP contribution in [0.4, 0.5) is 10.7 Å². The number of hydrogen-bond acceptors (Lipinski definition) is 6. The maximum Gasteiger partial charge on any atom is 0.174 e. The third-order valence-corrected chi connectivity index (χ3v) is 4.43. The second-order valence-corrected chi connectivity index (χ2v) is 5.37. The lowest BCUT2D eigenvalue weighted by atomic mass is 10.2. The van der Waals surface area contributed by atoms with Gasteiger partial charge in [-0.3, -0.25) is 4.79 Å². The third-order valence-electron chi connectivity index (χ3n) is 3.12. The molecule has 0 aromatic carbocycles. The Morgan fingerprint density at radius 1 is 1.53 bits per heavy atom. The van der Waals surface area contributed by atoms with Crippen molar-refractivity contribution in [1.82, 2.24) is 0 Å². The van der Waals surface area contributed by atoms with Gasteiger partial charge in [-0.1, -0.05) is 6.92 Å². The van der Waals surface area contributed by atoms with Crippen molar-refractivity contribution in [3.8, 4) is 6.07 Å². The Morgan fingerprint density at radius 3 is 3.00 bits per heavy atom. The number of thiophene rings is 1. The average Bonchev–Trinajstić information content (AvgIpc) is 2.61. The van der Waals surface area contributed by atoms with Crippen molar-refractivity contribution in [2.24, 2.45) is 0 Å². The number of ether oxygens (including phenoxy) is 1. The molecule has 1 fully saturated rings. The summed E-state index contributed by atoms with van der Waals surface area (Å²) in [5.74, 6) is -0.00341. The van der Waals surface area contributed by atoms with Crippen LogP contribution >= 0.6 is 11.3 Å². The van der Waals surface area contributed by atoms with Crippen molar-refractivity contribution in [2.75, 3.05) is 36.9 Å². The number of Topliss-reactive ketones (excluding diaryl/α,β-unsaturated/α-hetero) is 1. The topological polar surface area (TPSA) is 79.3 Å². The molecule has 0 spiro atoms. The van der Waals surface area contributed by atoms with Gasteiger partial charge in [-0.2, -0.15) is 5.26 Å². The van der Waals surface area contributed by atoms with Gasteiger partial charge in [0.15, 0.2) is 5.78 Å². The number of anilines is 2. The van der Waals surface area contributed by atoms with Crippen LogP contribution in [0.5, 0.6) is 0 Å². The Kier molecular flexibility index (Phi) is 4.40. The molecule has 0 unspecified atom stereocenters. The monoisotopic (exact) mass is 279 g/mol. The molecule has 0 amide bonds. The predicted octanol–water partition coefficient (Wildman–Crippen LogP) is 2.02. The summed E-state index contributed by atoms with van der Waals surface area (Å²) in [7, 11) is 0. The molecule has 0 atom stereocenters. The number of nitrogens with zero attached hydrogens (tertiary/aromatic N) is 2. The Balaban J connectivity index is 2.39. The fourth-order valence-corrected chi connectivity index (χ4v) is 3.31. The largest absolute Gasteiger partial charge is 0.396 e. The number of ketones is 1. The highest BCUT2D eigenvalue weighted by Crippen LogP contribution is 2.38. The lowest BCUT2D eigenvalue weighted by molar-refractivity contribution is 0.0993. The van der Waals surface area contributed by atoms with Crippen LogP contribution in [-0.2, 0) is 4.74 Å². The van der Waals surface area contributed by atoms with Crippen LogP contribution < -0.4 is 10.6 Å². The highest BCUT2D eigenvalue weighted by molar-refractivity contribution is 7.19. The molecule has 1 saturated heterocycles. The molecule has 0 radical (unpaired) electrons. The molecule has 1 aromatic heterocycles. The van der Waals surface area contributed by atoms with E-state index in [4.69, 9.17) is 10.5 Å². The Bertz CT molecular complexity index is 511. The van der Waals surface area contributed by atoms with Gasteiger partial charge < -0.3 is 15.4 Å². The molecule has 0 bridgehead atoms. The number of carbonyl (C=O) groups is 1. The van der Waals surface area contributed by atoms with E-state index in [0.717, 1.165) is 31.1 Å². The average molecular weight is 279 g/mol. The molecule has 102 valence electrons. The quantitative estimate of drug-likeness (QED) is 0.856. The highest BCUT2D eigenvalue weighted by atomic mass is 32.1. The van der Waals surface area contributed by atoms with E-state index in [2.05, 4.69) is 11.0 Å². The maximum atomic E-state index is 11.8. The minimum Gasteiger partial charge on any atom is -0.396 e. The van der Waals surface area contributed by atoms with E-state index in [1.807, 2.05) is 0 Å². The normalized spacial score (nSPS) is 15.9.